The number of amides is 1. The predicted octanol–water partition coefficient (Wildman–Crippen LogP) is 2.40. The number of nitrogens with zero attached hydrogens (tertiary/aromatic N) is 2. The molecule has 7 heteroatoms. The zero-order chi connectivity index (χ0) is 14.5. The number of rotatable bonds is 6. The van der Waals surface area contributed by atoms with Crippen LogP contribution in [0.2, 0.25) is 0 Å². The largest absolute Gasteiger partial charge is 0.344 e. The Morgan fingerprint density at radius 3 is 2.52 bits per heavy atom. The fourth-order valence-corrected chi connectivity index (χ4v) is 1.95. The van der Waals surface area contributed by atoms with Crippen molar-refractivity contribution >= 4 is 42.5 Å². The molecule has 1 rings (SSSR count). The lowest BCUT2D eigenvalue weighted by Gasteiger charge is -2.31. The van der Waals surface area contributed by atoms with E-state index in [1.54, 1.807) is 29.9 Å². The van der Waals surface area contributed by atoms with Crippen LogP contribution in [0, 0.1) is 0 Å². The van der Waals surface area contributed by atoms with Crippen molar-refractivity contribution in [1.29, 1.82) is 0 Å². The van der Waals surface area contributed by atoms with Crippen LogP contribution in [0.3, 0.4) is 0 Å². The molecule has 0 aromatic carbocycles. The van der Waals surface area contributed by atoms with Crippen molar-refractivity contribution in [3.05, 3.63) is 30.1 Å². The molecular weight excluding hydrogens is 329 g/mol. The Morgan fingerprint density at radius 1 is 1.43 bits per heavy atom. The van der Waals surface area contributed by atoms with Crippen molar-refractivity contribution < 1.29 is 4.79 Å². The number of hydrogen-bond acceptors (Lipinski definition) is 4. The standard InChI is InChI=1S/C14H23N3OS.2ClH/c1-14(2,19-4)12(15)13(18)17(3)10-8-11-7-5-6-9-16-11;;/h5-7,9,12H,8,10,15H2,1-4H3;2*1H/t12-;;/m1../s1. The molecule has 1 aromatic heterocycles. The van der Waals surface area contributed by atoms with E-state index in [1.165, 1.54) is 0 Å². The molecule has 1 atom stereocenters. The molecule has 0 fully saturated rings. The number of aromatic nitrogens is 1. The van der Waals surface area contributed by atoms with Crippen LogP contribution in [0.5, 0.6) is 0 Å². The zero-order valence-corrected chi connectivity index (χ0v) is 15.4. The minimum absolute atomic E-state index is 0. The monoisotopic (exact) mass is 353 g/mol. The Bertz CT molecular complexity index is 418. The van der Waals surface area contributed by atoms with E-state index >= 15 is 0 Å². The minimum atomic E-state index is -0.490. The first-order chi connectivity index (χ1) is 8.88. The van der Waals surface area contributed by atoms with E-state index in [1.807, 2.05) is 38.3 Å². The average molecular weight is 354 g/mol. The summed E-state index contributed by atoms with van der Waals surface area (Å²) in [6.07, 6.45) is 4.48. The highest BCUT2D eigenvalue weighted by atomic mass is 35.5. The van der Waals surface area contributed by atoms with E-state index in [4.69, 9.17) is 5.73 Å². The third-order valence-corrected chi connectivity index (χ3v) is 4.65. The molecule has 2 N–H and O–H groups in total. The summed E-state index contributed by atoms with van der Waals surface area (Å²) in [6.45, 7) is 4.62. The summed E-state index contributed by atoms with van der Waals surface area (Å²) < 4.78 is -0.254. The average Bonchev–Trinajstić information content (AvgIpc) is 2.44. The van der Waals surface area contributed by atoms with Gasteiger partial charge in [-0.2, -0.15) is 11.8 Å². The van der Waals surface area contributed by atoms with Crippen LogP contribution in [0.25, 0.3) is 0 Å². The zero-order valence-electron chi connectivity index (χ0n) is 12.9. The van der Waals surface area contributed by atoms with Gasteiger partial charge in [0.25, 0.3) is 0 Å². The van der Waals surface area contributed by atoms with Crippen LogP contribution >= 0.6 is 36.6 Å². The SMILES string of the molecule is CSC(C)(C)[C@H](N)C(=O)N(C)CCc1ccccn1.Cl.Cl. The number of nitrogens with two attached hydrogens (primary N) is 1. The second-order valence-electron chi connectivity index (χ2n) is 5.12. The molecule has 4 nitrogen and oxygen atoms in total. The third kappa shape index (κ3) is 6.87. The lowest BCUT2D eigenvalue weighted by atomic mass is 10.0. The topological polar surface area (TPSA) is 59.2 Å². The van der Waals surface area contributed by atoms with E-state index in [0.717, 1.165) is 12.1 Å². The number of carbonyl (C=O) groups is 1. The number of pyridine rings is 1. The van der Waals surface area contributed by atoms with Gasteiger partial charge < -0.3 is 10.6 Å². The number of thioether (sulfide) groups is 1. The summed E-state index contributed by atoms with van der Waals surface area (Å²) >= 11 is 1.61. The van der Waals surface area contributed by atoms with E-state index in [9.17, 15) is 4.79 Å². The van der Waals surface area contributed by atoms with Gasteiger partial charge in [-0.1, -0.05) is 6.07 Å². The molecule has 0 aliphatic rings. The molecule has 0 spiro atoms. The van der Waals surface area contributed by atoms with Gasteiger partial charge in [-0.25, -0.2) is 0 Å². The molecule has 1 amide bonds. The first kappa shape index (κ1) is 22.8. The molecular formula is C14H25Cl2N3OS. The summed E-state index contributed by atoms with van der Waals surface area (Å²) in [4.78, 5) is 18.2. The van der Waals surface area contributed by atoms with Crippen LogP contribution in [0.15, 0.2) is 24.4 Å². The van der Waals surface area contributed by atoms with E-state index in [-0.39, 0.29) is 35.5 Å². The first-order valence-corrected chi connectivity index (χ1v) is 7.56. The maximum Gasteiger partial charge on any atom is 0.240 e. The third-order valence-electron chi connectivity index (χ3n) is 3.35. The summed E-state index contributed by atoms with van der Waals surface area (Å²) in [7, 11) is 1.79. The van der Waals surface area contributed by atoms with Crippen molar-refractivity contribution in [3.8, 4) is 0 Å². The smallest absolute Gasteiger partial charge is 0.240 e. The van der Waals surface area contributed by atoms with Gasteiger partial charge in [0.05, 0.1) is 6.04 Å². The summed E-state index contributed by atoms with van der Waals surface area (Å²) in [5.74, 6) is -0.0183. The Kier molecular flexibility index (Phi) is 11.1. The first-order valence-electron chi connectivity index (χ1n) is 6.34. The lowest BCUT2D eigenvalue weighted by Crippen LogP contribution is -2.52. The number of halogens is 2. The Morgan fingerprint density at radius 2 is 2.05 bits per heavy atom. The highest BCUT2D eigenvalue weighted by Crippen LogP contribution is 2.25. The fraction of sp³-hybridized carbons (Fsp3) is 0.571. The summed E-state index contributed by atoms with van der Waals surface area (Å²) in [6, 6.07) is 5.31. The van der Waals surface area contributed by atoms with Gasteiger partial charge in [-0.05, 0) is 32.2 Å². The minimum Gasteiger partial charge on any atom is -0.344 e. The van der Waals surface area contributed by atoms with Gasteiger partial charge in [-0.15, -0.1) is 24.8 Å². The summed E-state index contributed by atoms with van der Waals surface area (Å²) in [5.41, 5.74) is 7.03. The Labute approximate surface area is 144 Å². The molecule has 0 saturated carbocycles. The van der Waals surface area contributed by atoms with Gasteiger partial charge >= 0.3 is 0 Å². The molecule has 21 heavy (non-hydrogen) atoms. The Balaban J connectivity index is 0. The van der Waals surface area contributed by atoms with Crippen molar-refractivity contribution in [2.75, 3.05) is 19.8 Å². The van der Waals surface area contributed by atoms with E-state index < -0.39 is 6.04 Å². The second kappa shape index (κ2) is 10.3. The van der Waals surface area contributed by atoms with Crippen molar-refractivity contribution in [3.63, 3.8) is 0 Å². The second-order valence-corrected chi connectivity index (χ2v) is 6.58. The molecule has 0 unspecified atom stereocenters. The number of carbonyl (C=O) groups excluding carboxylic acids is 1. The van der Waals surface area contributed by atoms with Gasteiger partial charge in [0.2, 0.25) is 5.91 Å². The molecule has 1 heterocycles. The van der Waals surface area contributed by atoms with Gasteiger partial charge in [0, 0.05) is 36.7 Å². The predicted molar refractivity (Wildman–Crippen MR) is 95.6 cm³/mol. The van der Waals surface area contributed by atoms with E-state index in [0.29, 0.717) is 6.54 Å². The fourth-order valence-electron chi connectivity index (χ4n) is 1.60. The van der Waals surface area contributed by atoms with Crippen LogP contribution in [0.1, 0.15) is 19.5 Å². The highest BCUT2D eigenvalue weighted by molar-refractivity contribution is 8.00. The normalized spacial score (nSPS) is 11.9. The molecule has 0 aliphatic carbocycles. The van der Waals surface area contributed by atoms with Crippen molar-refractivity contribution in [2.45, 2.75) is 31.1 Å². The van der Waals surface area contributed by atoms with Crippen LogP contribution in [0.4, 0.5) is 0 Å². The Hall–Kier alpha value is -0.490. The number of likely N-dealkylation sites (N-methyl/N-ethyl adjacent to an activating group) is 1. The molecule has 0 radical (unpaired) electrons. The van der Waals surface area contributed by atoms with Crippen molar-refractivity contribution in [1.82, 2.24) is 9.88 Å². The van der Waals surface area contributed by atoms with Gasteiger partial charge in [-0.3, -0.25) is 9.78 Å². The maximum atomic E-state index is 12.2. The molecule has 0 saturated heterocycles. The van der Waals surface area contributed by atoms with Gasteiger partial charge in [0.1, 0.15) is 0 Å². The van der Waals surface area contributed by atoms with Crippen LogP contribution in [-0.4, -0.2) is 46.4 Å². The van der Waals surface area contributed by atoms with E-state index in [2.05, 4.69) is 4.98 Å². The quantitative estimate of drug-likeness (QED) is 0.852. The van der Waals surface area contributed by atoms with Gasteiger partial charge in [0.15, 0.2) is 0 Å². The maximum absolute atomic E-state index is 12.2. The van der Waals surface area contributed by atoms with Crippen LogP contribution < -0.4 is 5.73 Å². The molecule has 1 aromatic rings. The van der Waals surface area contributed by atoms with Crippen molar-refractivity contribution in [2.24, 2.45) is 5.73 Å². The molecule has 0 aliphatic heterocycles. The van der Waals surface area contributed by atoms with Crippen LogP contribution in [-0.2, 0) is 11.2 Å². The highest BCUT2D eigenvalue weighted by Gasteiger charge is 2.32. The summed E-state index contributed by atoms with van der Waals surface area (Å²) in [5, 5.41) is 0. The molecule has 0 bridgehead atoms. The molecule has 122 valence electrons. The number of hydrogen-bond donors (Lipinski definition) is 1. The lowest BCUT2D eigenvalue weighted by molar-refractivity contribution is -0.131.